The molecule has 3 heteroatoms. The summed E-state index contributed by atoms with van der Waals surface area (Å²) >= 11 is 1.57. The molecule has 0 saturated carbocycles. The van der Waals surface area contributed by atoms with Crippen LogP contribution in [0.1, 0.15) is 51.1 Å². The quantitative estimate of drug-likeness (QED) is 0.637. The highest BCUT2D eigenvalue weighted by Gasteiger charge is 2.40. The standard InChI is InChI=1S/C10H16N2S/c1-9(2)5-6-10(3,4)8-7(9)11-12-13-8/h5-6H2,1-4H3. The van der Waals surface area contributed by atoms with Gasteiger partial charge in [-0.1, -0.05) is 32.2 Å². The van der Waals surface area contributed by atoms with Gasteiger partial charge < -0.3 is 0 Å². The van der Waals surface area contributed by atoms with Crippen molar-refractivity contribution in [3.05, 3.63) is 10.6 Å². The van der Waals surface area contributed by atoms with Gasteiger partial charge in [-0.3, -0.25) is 0 Å². The molecule has 1 heterocycles. The summed E-state index contributed by atoms with van der Waals surface area (Å²) in [6.07, 6.45) is 2.47. The Morgan fingerprint density at radius 1 is 1.08 bits per heavy atom. The summed E-state index contributed by atoms with van der Waals surface area (Å²) in [6.45, 7) is 9.12. The molecule has 13 heavy (non-hydrogen) atoms. The van der Waals surface area contributed by atoms with Gasteiger partial charge in [0.2, 0.25) is 0 Å². The van der Waals surface area contributed by atoms with Crippen molar-refractivity contribution in [2.45, 2.75) is 51.4 Å². The van der Waals surface area contributed by atoms with Crippen LogP contribution < -0.4 is 0 Å². The zero-order valence-electron chi connectivity index (χ0n) is 8.72. The van der Waals surface area contributed by atoms with Crippen LogP contribution in [0.3, 0.4) is 0 Å². The predicted octanol–water partition coefficient (Wildman–Crippen LogP) is 2.89. The van der Waals surface area contributed by atoms with Crippen LogP contribution in [0.25, 0.3) is 0 Å². The normalized spacial score (nSPS) is 24.0. The maximum absolute atomic E-state index is 4.27. The number of nitrogens with zero attached hydrogens (tertiary/aromatic N) is 2. The Balaban J connectivity index is 2.56. The first kappa shape index (κ1) is 9.13. The molecule has 1 aromatic rings. The molecule has 0 atom stereocenters. The largest absolute Gasteiger partial charge is 0.142 e. The SMILES string of the molecule is CC1(C)CCC(C)(C)c2snnc21. The molecule has 1 aromatic heterocycles. The van der Waals surface area contributed by atoms with E-state index >= 15 is 0 Å². The molecule has 2 rings (SSSR count). The van der Waals surface area contributed by atoms with Crippen molar-refractivity contribution in [1.82, 2.24) is 9.59 Å². The van der Waals surface area contributed by atoms with Crippen LogP contribution in [-0.4, -0.2) is 9.59 Å². The van der Waals surface area contributed by atoms with E-state index in [1.54, 1.807) is 11.5 Å². The van der Waals surface area contributed by atoms with E-state index < -0.39 is 0 Å². The van der Waals surface area contributed by atoms with Gasteiger partial charge in [0.25, 0.3) is 0 Å². The van der Waals surface area contributed by atoms with Gasteiger partial charge in [0.1, 0.15) is 0 Å². The average molecular weight is 196 g/mol. The Kier molecular flexibility index (Phi) is 1.78. The van der Waals surface area contributed by atoms with Crippen LogP contribution in [0.5, 0.6) is 0 Å². The summed E-state index contributed by atoms with van der Waals surface area (Å²) in [5.41, 5.74) is 1.76. The van der Waals surface area contributed by atoms with Crippen molar-refractivity contribution >= 4 is 11.5 Å². The van der Waals surface area contributed by atoms with Crippen LogP contribution in [0.4, 0.5) is 0 Å². The summed E-state index contributed by atoms with van der Waals surface area (Å²) in [5, 5.41) is 4.27. The minimum absolute atomic E-state index is 0.234. The van der Waals surface area contributed by atoms with E-state index in [1.807, 2.05) is 0 Å². The van der Waals surface area contributed by atoms with Crippen LogP contribution in [0, 0.1) is 0 Å². The van der Waals surface area contributed by atoms with Crippen molar-refractivity contribution in [3.8, 4) is 0 Å². The van der Waals surface area contributed by atoms with Crippen molar-refractivity contribution in [1.29, 1.82) is 0 Å². The predicted molar refractivity (Wildman–Crippen MR) is 55.2 cm³/mol. The fraction of sp³-hybridized carbons (Fsp3) is 0.800. The van der Waals surface area contributed by atoms with Gasteiger partial charge in [0, 0.05) is 10.8 Å². The zero-order chi connectivity index (χ0) is 9.69. The van der Waals surface area contributed by atoms with E-state index in [0.717, 1.165) is 0 Å². The Morgan fingerprint density at radius 3 is 2.31 bits per heavy atom. The van der Waals surface area contributed by atoms with Gasteiger partial charge in [-0.15, -0.1) is 5.10 Å². The third kappa shape index (κ3) is 1.30. The van der Waals surface area contributed by atoms with Gasteiger partial charge >= 0.3 is 0 Å². The summed E-state index contributed by atoms with van der Waals surface area (Å²) in [4.78, 5) is 1.39. The molecule has 2 nitrogen and oxygen atoms in total. The van der Waals surface area contributed by atoms with Gasteiger partial charge in [-0.2, -0.15) is 0 Å². The second-order valence-corrected chi connectivity index (χ2v) is 5.97. The second kappa shape index (κ2) is 2.53. The highest BCUT2D eigenvalue weighted by Crippen LogP contribution is 2.45. The maximum Gasteiger partial charge on any atom is 0.0849 e. The molecule has 0 aromatic carbocycles. The van der Waals surface area contributed by atoms with Crippen LogP contribution in [-0.2, 0) is 10.8 Å². The molecule has 0 radical (unpaired) electrons. The molecule has 0 spiro atoms. The number of fused-ring (bicyclic) bond motifs is 1. The van der Waals surface area contributed by atoms with Gasteiger partial charge in [-0.25, -0.2) is 0 Å². The lowest BCUT2D eigenvalue weighted by atomic mass is 9.69. The smallest absolute Gasteiger partial charge is 0.0849 e. The highest BCUT2D eigenvalue weighted by molar-refractivity contribution is 7.05. The van der Waals surface area contributed by atoms with Gasteiger partial charge in [-0.05, 0) is 24.4 Å². The van der Waals surface area contributed by atoms with E-state index in [0.29, 0.717) is 5.41 Å². The van der Waals surface area contributed by atoms with E-state index in [4.69, 9.17) is 0 Å². The maximum atomic E-state index is 4.27. The van der Waals surface area contributed by atoms with E-state index in [1.165, 1.54) is 23.4 Å². The summed E-state index contributed by atoms with van der Waals surface area (Å²) in [7, 11) is 0. The molecular weight excluding hydrogens is 180 g/mol. The lowest BCUT2D eigenvalue weighted by Gasteiger charge is -2.37. The topological polar surface area (TPSA) is 25.8 Å². The minimum atomic E-state index is 0.234. The Bertz CT molecular complexity index is 295. The number of rotatable bonds is 0. The first-order chi connectivity index (χ1) is 5.93. The molecule has 0 saturated heterocycles. The lowest BCUT2D eigenvalue weighted by molar-refractivity contribution is 0.330. The summed E-state index contributed by atoms with van der Waals surface area (Å²) < 4.78 is 4.09. The molecule has 1 aliphatic rings. The Hall–Kier alpha value is -0.440. The third-order valence-corrected chi connectivity index (χ3v) is 4.21. The van der Waals surface area contributed by atoms with Crippen LogP contribution >= 0.6 is 11.5 Å². The van der Waals surface area contributed by atoms with E-state index in [-0.39, 0.29) is 5.41 Å². The second-order valence-electron chi connectivity index (χ2n) is 5.22. The fourth-order valence-corrected chi connectivity index (χ4v) is 2.89. The van der Waals surface area contributed by atoms with Crippen molar-refractivity contribution in [2.75, 3.05) is 0 Å². The summed E-state index contributed by atoms with van der Waals surface area (Å²) in [5.74, 6) is 0. The highest BCUT2D eigenvalue weighted by atomic mass is 32.1. The number of hydrogen-bond donors (Lipinski definition) is 0. The zero-order valence-corrected chi connectivity index (χ0v) is 9.53. The van der Waals surface area contributed by atoms with Crippen molar-refractivity contribution < 1.29 is 0 Å². The van der Waals surface area contributed by atoms with Crippen LogP contribution in [0.15, 0.2) is 0 Å². The van der Waals surface area contributed by atoms with Gasteiger partial charge in [0.05, 0.1) is 10.6 Å². The first-order valence-electron chi connectivity index (χ1n) is 4.77. The minimum Gasteiger partial charge on any atom is -0.142 e. The van der Waals surface area contributed by atoms with Crippen LogP contribution in [0.2, 0.25) is 0 Å². The molecule has 0 amide bonds. The molecule has 0 unspecified atom stereocenters. The lowest BCUT2D eigenvalue weighted by Crippen LogP contribution is -2.32. The van der Waals surface area contributed by atoms with E-state index in [9.17, 15) is 0 Å². The fourth-order valence-electron chi connectivity index (χ4n) is 1.93. The monoisotopic (exact) mass is 196 g/mol. The molecule has 0 fully saturated rings. The molecule has 0 aliphatic heterocycles. The average Bonchev–Trinajstić information content (AvgIpc) is 2.48. The third-order valence-electron chi connectivity index (χ3n) is 3.12. The van der Waals surface area contributed by atoms with Crippen molar-refractivity contribution in [2.24, 2.45) is 0 Å². The Labute approximate surface area is 83.5 Å². The van der Waals surface area contributed by atoms with Gasteiger partial charge in [0.15, 0.2) is 0 Å². The number of aromatic nitrogens is 2. The molecule has 72 valence electrons. The summed E-state index contributed by atoms with van der Waals surface area (Å²) in [6, 6.07) is 0. The van der Waals surface area contributed by atoms with Crippen molar-refractivity contribution in [3.63, 3.8) is 0 Å². The molecule has 0 N–H and O–H groups in total. The number of hydrogen-bond acceptors (Lipinski definition) is 3. The molecule has 0 bridgehead atoms. The van der Waals surface area contributed by atoms with E-state index in [2.05, 4.69) is 37.3 Å². The molecular formula is C10H16N2S. The Morgan fingerprint density at radius 2 is 1.69 bits per heavy atom. The first-order valence-corrected chi connectivity index (χ1v) is 5.54. The molecule has 1 aliphatic carbocycles.